The van der Waals surface area contributed by atoms with Crippen molar-refractivity contribution in [2.24, 2.45) is 5.92 Å². The van der Waals surface area contributed by atoms with Crippen LogP contribution in [-0.4, -0.2) is 10.9 Å². The molecule has 0 radical (unpaired) electrons. The molecule has 1 aliphatic rings. The number of carbonyl (C=O) groups excluding carboxylic acids is 1. The normalized spacial score (nSPS) is 17.4. The van der Waals surface area contributed by atoms with Gasteiger partial charge in [-0.3, -0.25) is 4.79 Å². The van der Waals surface area contributed by atoms with E-state index in [9.17, 15) is 4.79 Å². The van der Waals surface area contributed by atoms with Crippen LogP contribution in [-0.2, 0) is 17.6 Å². The Labute approximate surface area is 135 Å². The summed E-state index contributed by atoms with van der Waals surface area (Å²) in [7, 11) is 0. The minimum absolute atomic E-state index is 0.0626. The van der Waals surface area contributed by atoms with E-state index >= 15 is 0 Å². The average Bonchev–Trinajstić information content (AvgIpc) is 2.86. The molecule has 0 saturated heterocycles. The Morgan fingerprint density at radius 2 is 2.14 bits per heavy atom. The highest BCUT2D eigenvalue weighted by Crippen LogP contribution is 2.31. The van der Waals surface area contributed by atoms with E-state index in [1.807, 2.05) is 25.1 Å². The summed E-state index contributed by atoms with van der Waals surface area (Å²) < 4.78 is 0. The van der Waals surface area contributed by atoms with Gasteiger partial charge in [-0.05, 0) is 43.7 Å². The number of anilines is 1. The first kappa shape index (κ1) is 15.2. The molecule has 3 rings (SSSR count). The summed E-state index contributed by atoms with van der Waals surface area (Å²) in [6, 6.07) is 8.09. The summed E-state index contributed by atoms with van der Waals surface area (Å²) in [4.78, 5) is 18.5. The molecule has 1 aromatic carbocycles. The molecule has 1 atom stereocenters. The van der Waals surface area contributed by atoms with E-state index in [2.05, 4.69) is 30.2 Å². The summed E-state index contributed by atoms with van der Waals surface area (Å²) >= 11 is 1.73. The van der Waals surface area contributed by atoms with Gasteiger partial charge in [-0.25, -0.2) is 4.98 Å². The summed E-state index contributed by atoms with van der Waals surface area (Å²) in [5, 5.41) is 4.25. The number of hydrogen-bond donors (Lipinski definition) is 1. The van der Waals surface area contributed by atoms with Crippen molar-refractivity contribution in [3.63, 3.8) is 0 Å². The average molecular weight is 314 g/mol. The molecule has 3 nitrogen and oxygen atoms in total. The Morgan fingerprint density at radius 1 is 1.36 bits per heavy atom. The van der Waals surface area contributed by atoms with Crippen LogP contribution in [0.2, 0.25) is 0 Å². The topological polar surface area (TPSA) is 42.0 Å². The first-order valence-corrected chi connectivity index (χ1v) is 8.71. The van der Waals surface area contributed by atoms with E-state index in [-0.39, 0.29) is 11.8 Å². The third-order valence-corrected chi connectivity index (χ3v) is 5.29. The van der Waals surface area contributed by atoms with Crippen LogP contribution in [0.5, 0.6) is 0 Å². The van der Waals surface area contributed by atoms with E-state index in [0.29, 0.717) is 5.92 Å². The van der Waals surface area contributed by atoms with Crippen molar-refractivity contribution < 1.29 is 4.79 Å². The number of benzene rings is 1. The van der Waals surface area contributed by atoms with Gasteiger partial charge in [-0.2, -0.15) is 0 Å². The third kappa shape index (κ3) is 3.07. The molecule has 0 spiro atoms. The van der Waals surface area contributed by atoms with Gasteiger partial charge in [-0.1, -0.05) is 32.0 Å². The maximum Gasteiger partial charge on any atom is 0.227 e. The molecule has 2 aromatic rings. The minimum atomic E-state index is 0.0626. The molecule has 116 valence electrons. The number of carbonyl (C=O) groups is 1. The Kier molecular flexibility index (Phi) is 4.30. The van der Waals surface area contributed by atoms with Gasteiger partial charge in [0.15, 0.2) is 0 Å². The number of aromatic nitrogens is 1. The maximum atomic E-state index is 12.6. The first-order chi connectivity index (χ1) is 10.5. The van der Waals surface area contributed by atoms with Crippen LogP contribution < -0.4 is 5.32 Å². The molecule has 1 N–H and O–H groups in total. The zero-order valence-electron chi connectivity index (χ0n) is 13.3. The lowest BCUT2D eigenvalue weighted by Crippen LogP contribution is -2.28. The highest BCUT2D eigenvalue weighted by molar-refractivity contribution is 7.11. The number of para-hydroxylation sites is 1. The van der Waals surface area contributed by atoms with Crippen molar-refractivity contribution >= 4 is 22.9 Å². The number of aryl methyl sites for hydroxylation is 2. The number of rotatable bonds is 3. The maximum absolute atomic E-state index is 12.6. The zero-order chi connectivity index (χ0) is 15.7. The fourth-order valence-corrected chi connectivity index (χ4v) is 4.14. The molecule has 0 fully saturated rings. The predicted molar refractivity (Wildman–Crippen MR) is 91.5 cm³/mol. The molecule has 0 bridgehead atoms. The number of thiazole rings is 1. The van der Waals surface area contributed by atoms with Crippen LogP contribution in [0.4, 0.5) is 5.69 Å². The van der Waals surface area contributed by atoms with E-state index in [1.165, 1.54) is 16.1 Å². The second kappa shape index (κ2) is 6.21. The lowest BCUT2D eigenvalue weighted by Gasteiger charge is -2.22. The van der Waals surface area contributed by atoms with Gasteiger partial charge in [0.1, 0.15) is 0 Å². The minimum Gasteiger partial charge on any atom is -0.326 e. The van der Waals surface area contributed by atoms with Gasteiger partial charge in [-0.15, -0.1) is 11.3 Å². The number of nitrogens with zero attached hydrogens (tertiary/aromatic N) is 1. The van der Waals surface area contributed by atoms with E-state index < -0.39 is 0 Å². The number of fused-ring (bicyclic) bond motifs is 1. The second-order valence-electron chi connectivity index (χ2n) is 6.27. The van der Waals surface area contributed by atoms with Crippen molar-refractivity contribution in [1.82, 2.24) is 4.98 Å². The highest BCUT2D eigenvalue weighted by Gasteiger charge is 2.27. The van der Waals surface area contributed by atoms with Crippen LogP contribution in [0.25, 0.3) is 0 Å². The number of hydrogen-bond acceptors (Lipinski definition) is 3. The van der Waals surface area contributed by atoms with Crippen molar-refractivity contribution in [1.29, 1.82) is 0 Å². The molecular weight excluding hydrogens is 292 g/mol. The summed E-state index contributed by atoms with van der Waals surface area (Å²) in [5.74, 6) is 0.607. The zero-order valence-corrected chi connectivity index (χ0v) is 14.2. The van der Waals surface area contributed by atoms with E-state index in [4.69, 9.17) is 0 Å². The molecule has 22 heavy (non-hydrogen) atoms. The largest absolute Gasteiger partial charge is 0.326 e. The molecule has 1 heterocycles. The van der Waals surface area contributed by atoms with Crippen LogP contribution in [0.1, 0.15) is 47.3 Å². The molecule has 1 unspecified atom stereocenters. The van der Waals surface area contributed by atoms with Gasteiger partial charge in [0.2, 0.25) is 5.91 Å². The molecule has 4 heteroatoms. The predicted octanol–water partition coefficient (Wildman–Crippen LogP) is 4.32. The number of amides is 1. The Bertz CT molecular complexity index is 690. The second-order valence-corrected chi connectivity index (χ2v) is 7.56. The molecule has 0 saturated carbocycles. The molecular formula is C18H22N2OS. The van der Waals surface area contributed by atoms with Crippen molar-refractivity contribution in [3.8, 4) is 0 Å². The van der Waals surface area contributed by atoms with Gasteiger partial charge in [0.25, 0.3) is 0 Å². The highest BCUT2D eigenvalue weighted by atomic mass is 32.1. The lowest BCUT2D eigenvalue weighted by molar-refractivity contribution is -0.120. The van der Waals surface area contributed by atoms with Crippen LogP contribution in [0, 0.1) is 12.8 Å². The Morgan fingerprint density at radius 3 is 2.91 bits per heavy atom. The van der Waals surface area contributed by atoms with E-state index in [0.717, 1.165) is 30.0 Å². The van der Waals surface area contributed by atoms with Crippen LogP contribution in [0.15, 0.2) is 24.3 Å². The summed E-state index contributed by atoms with van der Waals surface area (Å²) in [6.07, 6.45) is 2.64. The molecule has 1 aliphatic carbocycles. The monoisotopic (exact) mass is 314 g/mol. The van der Waals surface area contributed by atoms with Gasteiger partial charge in [0.05, 0.1) is 10.7 Å². The van der Waals surface area contributed by atoms with E-state index in [1.54, 1.807) is 11.3 Å². The van der Waals surface area contributed by atoms with Gasteiger partial charge < -0.3 is 5.32 Å². The Hall–Kier alpha value is -1.68. The number of nitrogens with one attached hydrogen (secondary N) is 1. The molecule has 0 aliphatic heterocycles. The van der Waals surface area contributed by atoms with Gasteiger partial charge >= 0.3 is 0 Å². The van der Waals surface area contributed by atoms with Crippen LogP contribution >= 0.6 is 11.3 Å². The third-order valence-electron chi connectivity index (χ3n) is 4.26. The quantitative estimate of drug-likeness (QED) is 0.917. The van der Waals surface area contributed by atoms with Crippen molar-refractivity contribution in [2.45, 2.75) is 46.0 Å². The smallest absolute Gasteiger partial charge is 0.227 e. The fraction of sp³-hybridized carbons (Fsp3) is 0.444. The van der Waals surface area contributed by atoms with Crippen molar-refractivity contribution in [2.75, 3.05) is 5.32 Å². The summed E-state index contributed by atoms with van der Waals surface area (Å²) in [6.45, 7) is 6.34. The Balaban J connectivity index is 1.73. The SMILES string of the molecule is Cc1nc2c(s1)CC(C(=O)Nc1ccccc1C(C)C)CC2. The first-order valence-electron chi connectivity index (χ1n) is 7.89. The standard InChI is InChI=1S/C18H22N2OS/c1-11(2)14-6-4-5-7-15(14)20-18(21)13-8-9-16-17(10-13)22-12(3)19-16/h4-7,11,13H,8-10H2,1-3H3,(H,20,21). The summed E-state index contributed by atoms with van der Waals surface area (Å²) in [5.41, 5.74) is 3.35. The van der Waals surface area contributed by atoms with Crippen molar-refractivity contribution in [3.05, 3.63) is 45.4 Å². The molecule has 1 aromatic heterocycles. The van der Waals surface area contributed by atoms with Gasteiger partial charge in [0, 0.05) is 16.5 Å². The lowest BCUT2D eigenvalue weighted by atomic mass is 9.90. The van der Waals surface area contributed by atoms with Crippen LogP contribution in [0.3, 0.4) is 0 Å². The fourth-order valence-electron chi connectivity index (χ4n) is 3.08. The molecule has 1 amide bonds.